The lowest BCUT2D eigenvalue weighted by Crippen LogP contribution is -2.42. The third kappa shape index (κ3) is 2.46. The second-order valence-electron chi connectivity index (χ2n) is 7.17. The van der Waals surface area contributed by atoms with Crippen molar-refractivity contribution in [1.82, 2.24) is 25.0 Å². The van der Waals surface area contributed by atoms with Gasteiger partial charge < -0.3 is 14.4 Å². The molecule has 1 aliphatic rings. The largest absolute Gasteiger partial charge is 0.345 e. The predicted octanol–water partition coefficient (Wildman–Crippen LogP) is 2.73. The number of likely N-dealkylation sites (tertiary alicyclic amines) is 1. The Morgan fingerprint density at radius 1 is 1.33 bits per heavy atom. The molecule has 0 aliphatic carbocycles. The molecule has 124 valence electrons. The lowest BCUT2D eigenvalue weighted by Gasteiger charge is -2.31. The molecule has 7 nitrogen and oxygen atoms in total. The molecule has 1 N–H and O–H groups in total. The predicted molar refractivity (Wildman–Crippen MR) is 88.2 cm³/mol. The van der Waals surface area contributed by atoms with Gasteiger partial charge in [-0.3, -0.25) is 4.79 Å². The zero-order valence-electron chi connectivity index (χ0n) is 13.9. The summed E-state index contributed by atoms with van der Waals surface area (Å²) in [5.74, 6) is 1.14. The van der Waals surface area contributed by atoms with Crippen molar-refractivity contribution in [3.05, 3.63) is 30.4 Å². The quantitative estimate of drug-likeness (QED) is 0.782. The van der Waals surface area contributed by atoms with E-state index in [1.165, 1.54) is 0 Å². The number of fused-ring (bicyclic) bond motifs is 1. The van der Waals surface area contributed by atoms with E-state index in [1.54, 1.807) is 6.33 Å². The Morgan fingerprint density at radius 2 is 2.17 bits per heavy atom. The standard InChI is InChI=1S/C17H19N5O2/c1-17(2,3)22-8-11(7-14(22)23)16-20-15(21-24-16)10-4-5-12-13(6-10)19-9-18-12/h4-6,9,11H,7-8H2,1-3H3,(H,18,19)/t11-/m0/s1. The van der Waals surface area contributed by atoms with Gasteiger partial charge in [0.05, 0.1) is 23.3 Å². The van der Waals surface area contributed by atoms with E-state index in [0.717, 1.165) is 16.6 Å². The first-order valence-electron chi connectivity index (χ1n) is 7.99. The summed E-state index contributed by atoms with van der Waals surface area (Å²) < 4.78 is 5.44. The first kappa shape index (κ1) is 14.9. The fraction of sp³-hybridized carbons (Fsp3) is 0.412. The summed E-state index contributed by atoms with van der Waals surface area (Å²) in [7, 11) is 0. The van der Waals surface area contributed by atoms with Crippen LogP contribution in [0.4, 0.5) is 0 Å². The summed E-state index contributed by atoms with van der Waals surface area (Å²) in [6, 6.07) is 5.77. The van der Waals surface area contributed by atoms with Gasteiger partial charge in [0, 0.05) is 24.1 Å². The third-order valence-electron chi connectivity index (χ3n) is 4.40. The van der Waals surface area contributed by atoms with Crippen LogP contribution in [0.1, 0.15) is 39.0 Å². The smallest absolute Gasteiger partial charge is 0.232 e. The van der Waals surface area contributed by atoms with Crippen LogP contribution in [0.5, 0.6) is 0 Å². The average molecular weight is 325 g/mol. The molecular weight excluding hydrogens is 306 g/mol. The maximum atomic E-state index is 12.2. The first-order valence-corrected chi connectivity index (χ1v) is 7.99. The van der Waals surface area contributed by atoms with Crippen molar-refractivity contribution in [2.45, 2.75) is 38.6 Å². The van der Waals surface area contributed by atoms with E-state index >= 15 is 0 Å². The number of hydrogen-bond donors (Lipinski definition) is 1. The van der Waals surface area contributed by atoms with Crippen molar-refractivity contribution in [1.29, 1.82) is 0 Å². The molecule has 1 aliphatic heterocycles. The van der Waals surface area contributed by atoms with Crippen molar-refractivity contribution >= 4 is 16.9 Å². The molecule has 7 heteroatoms. The van der Waals surface area contributed by atoms with Gasteiger partial charge in [-0.1, -0.05) is 5.16 Å². The molecule has 24 heavy (non-hydrogen) atoms. The van der Waals surface area contributed by atoms with Gasteiger partial charge in [-0.15, -0.1) is 0 Å². The summed E-state index contributed by atoms with van der Waals surface area (Å²) >= 11 is 0. The highest BCUT2D eigenvalue weighted by Crippen LogP contribution is 2.32. The SMILES string of the molecule is CC(C)(C)N1C[C@@H](c2nc(-c3ccc4nc[nH]c4c3)no2)CC1=O. The van der Waals surface area contributed by atoms with Crippen molar-refractivity contribution in [3.63, 3.8) is 0 Å². The number of imidazole rings is 1. The maximum absolute atomic E-state index is 12.2. The van der Waals surface area contributed by atoms with Crippen LogP contribution in [-0.4, -0.2) is 43.0 Å². The summed E-state index contributed by atoms with van der Waals surface area (Å²) in [5, 5.41) is 4.08. The van der Waals surface area contributed by atoms with Crippen LogP contribution < -0.4 is 0 Å². The summed E-state index contributed by atoms with van der Waals surface area (Å²) in [6.07, 6.45) is 2.07. The Hall–Kier alpha value is -2.70. The number of aromatic amines is 1. The number of aromatic nitrogens is 4. The minimum absolute atomic E-state index is 0.0474. The Morgan fingerprint density at radius 3 is 2.92 bits per heavy atom. The highest BCUT2D eigenvalue weighted by Gasteiger charge is 2.39. The molecule has 0 bridgehead atoms. The van der Waals surface area contributed by atoms with Crippen LogP contribution in [0, 0.1) is 0 Å². The molecule has 1 fully saturated rings. The number of H-pyrrole nitrogens is 1. The van der Waals surface area contributed by atoms with Gasteiger partial charge in [0.1, 0.15) is 0 Å². The molecule has 0 unspecified atom stereocenters. The second-order valence-corrected chi connectivity index (χ2v) is 7.17. The maximum Gasteiger partial charge on any atom is 0.232 e. The summed E-state index contributed by atoms with van der Waals surface area (Å²) in [4.78, 5) is 25.9. The van der Waals surface area contributed by atoms with Crippen molar-refractivity contribution in [3.8, 4) is 11.4 Å². The highest BCUT2D eigenvalue weighted by molar-refractivity contribution is 5.81. The monoisotopic (exact) mass is 325 g/mol. The minimum atomic E-state index is -0.194. The average Bonchev–Trinajstić information content (AvgIpc) is 3.24. The molecule has 0 spiro atoms. The Balaban J connectivity index is 1.60. The number of amides is 1. The summed E-state index contributed by atoms with van der Waals surface area (Å²) in [5.41, 5.74) is 2.48. The van der Waals surface area contributed by atoms with E-state index in [1.807, 2.05) is 43.9 Å². The minimum Gasteiger partial charge on any atom is -0.345 e. The normalized spacial score (nSPS) is 18.7. The van der Waals surface area contributed by atoms with Gasteiger partial charge in [0.15, 0.2) is 0 Å². The fourth-order valence-electron chi connectivity index (χ4n) is 3.11. The van der Waals surface area contributed by atoms with Crippen molar-refractivity contribution < 1.29 is 9.32 Å². The molecule has 1 aromatic carbocycles. The van der Waals surface area contributed by atoms with Gasteiger partial charge in [-0.05, 0) is 39.0 Å². The molecular formula is C17H19N5O2. The van der Waals surface area contributed by atoms with E-state index in [0.29, 0.717) is 24.7 Å². The molecule has 4 rings (SSSR count). The zero-order chi connectivity index (χ0) is 16.9. The van der Waals surface area contributed by atoms with Crippen LogP contribution >= 0.6 is 0 Å². The van der Waals surface area contributed by atoms with Gasteiger partial charge in [0.25, 0.3) is 0 Å². The van der Waals surface area contributed by atoms with Crippen LogP contribution in [0.25, 0.3) is 22.4 Å². The molecule has 0 saturated carbocycles. The van der Waals surface area contributed by atoms with E-state index in [4.69, 9.17) is 4.52 Å². The van der Waals surface area contributed by atoms with Gasteiger partial charge in [-0.25, -0.2) is 4.98 Å². The topological polar surface area (TPSA) is 87.9 Å². The lowest BCUT2D eigenvalue weighted by molar-refractivity contribution is -0.131. The van der Waals surface area contributed by atoms with Gasteiger partial charge in [0.2, 0.25) is 17.6 Å². The second kappa shape index (κ2) is 5.15. The number of carbonyl (C=O) groups is 1. The molecule has 2 aromatic heterocycles. The van der Waals surface area contributed by atoms with Gasteiger partial charge >= 0.3 is 0 Å². The number of nitrogens with zero attached hydrogens (tertiary/aromatic N) is 4. The Labute approximate surface area is 139 Å². The van der Waals surface area contributed by atoms with Crippen molar-refractivity contribution in [2.24, 2.45) is 0 Å². The number of carbonyl (C=O) groups excluding carboxylic acids is 1. The lowest BCUT2D eigenvalue weighted by atomic mass is 10.1. The van der Waals surface area contributed by atoms with Crippen molar-refractivity contribution in [2.75, 3.05) is 6.54 Å². The van der Waals surface area contributed by atoms with E-state index in [2.05, 4.69) is 20.1 Å². The molecule has 1 atom stereocenters. The number of hydrogen-bond acceptors (Lipinski definition) is 5. The molecule has 1 amide bonds. The first-order chi connectivity index (χ1) is 11.4. The van der Waals surface area contributed by atoms with Crippen LogP contribution in [0.2, 0.25) is 0 Å². The fourth-order valence-corrected chi connectivity index (χ4v) is 3.11. The highest BCUT2D eigenvalue weighted by atomic mass is 16.5. The van der Waals surface area contributed by atoms with Crippen LogP contribution in [0.15, 0.2) is 29.0 Å². The van der Waals surface area contributed by atoms with E-state index < -0.39 is 0 Å². The molecule has 0 radical (unpaired) electrons. The van der Waals surface area contributed by atoms with Crippen LogP contribution in [-0.2, 0) is 4.79 Å². The molecule has 1 saturated heterocycles. The Kier molecular flexibility index (Phi) is 3.19. The van der Waals surface area contributed by atoms with E-state index in [9.17, 15) is 4.79 Å². The van der Waals surface area contributed by atoms with Gasteiger partial charge in [-0.2, -0.15) is 4.98 Å². The number of benzene rings is 1. The zero-order valence-corrected chi connectivity index (χ0v) is 13.9. The van der Waals surface area contributed by atoms with E-state index in [-0.39, 0.29) is 17.4 Å². The third-order valence-corrected chi connectivity index (χ3v) is 4.40. The molecule has 3 aromatic rings. The molecule has 3 heterocycles. The number of rotatable bonds is 2. The number of nitrogens with one attached hydrogen (secondary N) is 1. The van der Waals surface area contributed by atoms with Crippen LogP contribution in [0.3, 0.4) is 0 Å². The summed E-state index contributed by atoms with van der Waals surface area (Å²) in [6.45, 7) is 6.72. The Bertz CT molecular complexity index is 905.